The van der Waals surface area contributed by atoms with E-state index in [2.05, 4.69) is 10.2 Å². The fraction of sp³-hybridized carbons (Fsp3) is 0.105. The van der Waals surface area contributed by atoms with Crippen LogP contribution in [-0.4, -0.2) is 26.1 Å². The number of pyridine rings is 1. The predicted molar refractivity (Wildman–Crippen MR) is 97.0 cm³/mol. The highest BCUT2D eigenvalue weighted by atomic mass is 32.2. The summed E-state index contributed by atoms with van der Waals surface area (Å²) in [4.78, 5) is 12.5. The maximum Gasteiger partial charge on any atom is 0.417 e. The Morgan fingerprint density at radius 1 is 1.00 bits per heavy atom. The lowest BCUT2D eigenvalue weighted by molar-refractivity contribution is -0.137. The van der Waals surface area contributed by atoms with Gasteiger partial charge in [-0.1, -0.05) is 48.2 Å². The number of thioether (sulfide) groups is 1. The smallest absolute Gasteiger partial charge is 0.293 e. The van der Waals surface area contributed by atoms with Gasteiger partial charge in [0.05, 0.1) is 11.3 Å². The van der Waals surface area contributed by atoms with Crippen LogP contribution in [-0.2, 0) is 6.18 Å². The molecular weight excluding hydrogens is 375 g/mol. The Kier molecular flexibility index (Phi) is 4.35. The van der Waals surface area contributed by atoms with Crippen LogP contribution in [0.15, 0.2) is 66.0 Å². The van der Waals surface area contributed by atoms with Gasteiger partial charge in [0.2, 0.25) is 0 Å². The molecule has 0 saturated carbocycles. The van der Waals surface area contributed by atoms with Crippen LogP contribution in [0.5, 0.6) is 0 Å². The Hall–Kier alpha value is -2.87. The molecule has 0 atom stereocenters. The van der Waals surface area contributed by atoms with Crippen molar-refractivity contribution >= 4 is 34.0 Å². The number of benzene rings is 2. The zero-order valence-corrected chi connectivity index (χ0v) is 14.6. The molecular formula is C19H12F3N3OS. The molecule has 0 spiro atoms. The third-order valence-electron chi connectivity index (χ3n) is 4.10. The second-order valence-electron chi connectivity index (χ2n) is 5.90. The molecule has 0 bridgehead atoms. The first kappa shape index (κ1) is 17.5. The van der Waals surface area contributed by atoms with E-state index in [1.54, 1.807) is 6.07 Å². The van der Waals surface area contributed by atoms with Crippen molar-refractivity contribution in [1.29, 1.82) is 0 Å². The van der Waals surface area contributed by atoms with Gasteiger partial charge in [0.15, 0.2) is 16.6 Å². The van der Waals surface area contributed by atoms with Crippen molar-refractivity contribution in [2.24, 2.45) is 0 Å². The molecule has 2 aromatic carbocycles. The van der Waals surface area contributed by atoms with Gasteiger partial charge < -0.3 is 0 Å². The maximum atomic E-state index is 12.9. The van der Waals surface area contributed by atoms with Gasteiger partial charge in [0.1, 0.15) is 0 Å². The molecule has 4 nitrogen and oxygen atoms in total. The van der Waals surface area contributed by atoms with Gasteiger partial charge in [-0.05, 0) is 29.0 Å². The summed E-state index contributed by atoms with van der Waals surface area (Å²) >= 11 is 1.06. The first-order chi connectivity index (χ1) is 12.9. The SMILES string of the molecule is O=C(CSc1nnc2ccc(C(F)(F)F)cn12)c1ccc2ccccc2c1. The molecule has 0 aliphatic carbocycles. The highest BCUT2D eigenvalue weighted by molar-refractivity contribution is 7.99. The zero-order chi connectivity index (χ0) is 19.0. The highest BCUT2D eigenvalue weighted by Crippen LogP contribution is 2.30. The van der Waals surface area contributed by atoms with Crippen molar-refractivity contribution in [1.82, 2.24) is 14.6 Å². The van der Waals surface area contributed by atoms with Crippen molar-refractivity contribution in [3.63, 3.8) is 0 Å². The lowest BCUT2D eigenvalue weighted by Gasteiger charge is -2.07. The summed E-state index contributed by atoms with van der Waals surface area (Å²) in [6.07, 6.45) is -3.51. The fourth-order valence-electron chi connectivity index (χ4n) is 2.71. The third-order valence-corrected chi connectivity index (χ3v) is 5.05. The van der Waals surface area contributed by atoms with Crippen LogP contribution < -0.4 is 0 Å². The van der Waals surface area contributed by atoms with E-state index in [9.17, 15) is 18.0 Å². The number of hydrogen-bond acceptors (Lipinski definition) is 4. The van der Waals surface area contributed by atoms with E-state index >= 15 is 0 Å². The Balaban J connectivity index is 1.56. The van der Waals surface area contributed by atoms with Gasteiger partial charge in [0.25, 0.3) is 0 Å². The van der Waals surface area contributed by atoms with Crippen molar-refractivity contribution in [2.45, 2.75) is 11.3 Å². The Labute approximate surface area is 156 Å². The average molecular weight is 387 g/mol. The van der Waals surface area contributed by atoms with Crippen LogP contribution in [0.2, 0.25) is 0 Å². The van der Waals surface area contributed by atoms with Crippen molar-refractivity contribution < 1.29 is 18.0 Å². The summed E-state index contributed by atoms with van der Waals surface area (Å²) in [6.45, 7) is 0. The Morgan fingerprint density at radius 2 is 1.78 bits per heavy atom. The van der Waals surface area contributed by atoms with Crippen LogP contribution in [0.4, 0.5) is 13.2 Å². The van der Waals surface area contributed by atoms with Crippen molar-refractivity contribution in [3.8, 4) is 0 Å². The minimum atomic E-state index is -4.46. The van der Waals surface area contributed by atoms with Crippen LogP contribution >= 0.6 is 11.8 Å². The van der Waals surface area contributed by atoms with Gasteiger partial charge in [-0.3, -0.25) is 9.20 Å². The summed E-state index contributed by atoms with van der Waals surface area (Å²) in [5.74, 6) is -0.0791. The van der Waals surface area contributed by atoms with Crippen LogP contribution in [0.25, 0.3) is 16.4 Å². The molecule has 0 N–H and O–H groups in total. The quantitative estimate of drug-likeness (QED) is 0.370. The molecule has 4 aromatic rings. The molecule has 0 fully saturated rings. The normalized spacial score (nSPS) is 12.0. The van der Waals surface area contributed by atoms with Gasteiger partial charge in [-0.2, -0.15) is 13.2 Å². The monoisotopic (exact) mass is 387 g/mol. The fourth-order valence-corrected chi connectivity index (χ4v) is 3.52. The summed E-state index contributed by atoms with van der Waals surface area (Å²) in [7, 11) is 0. The number of halogens is 3. The minimum absolute atomic E-state index is 0.0510. The number of carbonyl (C=O) groups is 1. The number of nitrogens with zero attached hydrogens (tertiary/aromatic N) is 3. The van der Waals surface area contributed by atoms with Gasteiger partial charge in [-0.15, -0.1) is 10.2 Å². The molecule has 0 unspecified atom stereocenters. The Morgan fingerprint density at radius 3 is 2.56 bits per heavy atom. The van der Waals surface area contributed by atoms with Crippen LogP contribution in [0, 0.1) is 0 Å². The maximum absolute atomic E-state index is 12.9. The summed E-state index contributed by atoms with van der Waals surface area (Å²) < 4.78 is 40.0. The van der Waals surface area contributed by atoms with E-state index in [1.165, 1.54) is 10.5 Å². The number of alkyl halides is 3. The average Bonchev–Trinajstić information content (AvgIpc) is 3.07. The molecule has 136 valence electrons. The van der Waals surface area contributed by atoms with E-state index in [0.29, 0.717) is 11.2 Å². The first-order valence-electron chi connectivity index (χ1n) is 7.98. The number of ketones is 1. The second-order valence-corrected chi connectivity index (χ2v) is 6.84. The zero-order valence-electron chi connectivity index (χ0n) is 13.8. The third kappa shape index (κ3) is 3.52. The summed E-state index contributed by atoms with van der Waals surface area (Å²) in [5.41, 5.74) is 0.0483. The van der Waals surface area contributed by atoms with Gasteiger partial charge in [0, 0.05) is 11.8 Å². The topological polar surface area (TPSA) is 47.3 Å². The number of Topliss-reactive ketones (excluding diaryl/α,β-unsaturated/α-hetero) is 1. The molecule has 0 aliphatic rings. The number of fused-ring (bicyclic) bond motifs is 2. The van der Waals surface area contributed by atoms with Gasteiger partial charge in [-0.25, -0.2) is 0 Å². The number of carbonyl (C=O) groups excluding carboxylic acids is 1. The van der Waals surface area contributed by atoms with E-state index in [4.69, 9.17) is 0 Å². The molecule has 8 heteroatoms. The molecule has 27 heavy (non-hydrogen) atoms. The van der Waals surface area contributed by atoms with Gasteiger partial charge >= 0.3 is 6.18 Å². The van der Waals surface area contributed by atoms with E-state index in [-0.39, 0.29) is 16.7 Å². The van der Waals surface area contributed by atoms with Crippen molar-refractivity contribution in [3.05, 3.63) is 71.9 Å². The lowest BCUT2D eigenvalue weighted by atomic mass is 10.1. The molecule has 2 heterocycles. The number of rotatable bonds is 4. The number of aromatic nitrogens is 3. The highest BCUT2D eigenvalue weighted by Gasteiger charge is 2.31. The van der Waals surface area contributed by atoms with E-state index in [1.807, 2.05) is 36.4 Å². The molecule has 0 saturated heterocycles. The summed E-state index contributed by atoms with van der Waals surface area (Å²) in [5, 5.41) is 9.97. The minimum Gasteiger partial charge on any atom is -0.293 e. The lowest BCUT2D eigenvalue weighted by Crippen LogP contribution is -2.07. The second kappa shape index (κ2) is 6.70. The van der Waals surface area contributed by atoms with E-state index < -0.39 is 11.7 Å². The molecule has 0 aliphatic heterocycles. The predicted octanol–water partition coefficient (Wildman–Crippen LogP) is 4.88. The van der Waals surface area contributed by atoms with E-state index in [0.717, 1.165) is 34.8 Å². The van der Waals surface area contributed by atoms with Crippen LogP contribution in [0.3, 0.4) is 0 Å². The molecule has 0 amide bonds. The molecule has 2 aromatic heterocycles. The van der Waals surface area contributed by atoms with Crippen LogP contribution in [0.1, 0.15) is 15.9 Å². The molecule has 0 radical (unpaired) electrons. The number of hydrogen-bond donors (Lipinski definition) is 0. The first-order valence-corrected chi connectivity index (χ1v) is 8.97. The Bertz CT molecular complexity index is 1150. The standard InChI is InChI=1S/C19H12F3N3OS/c20-19(21,22)15-7-8-17-23-24-18(25(17)10-15)27-11-16(26)14-6-5-12-3-1-2-4-13(12)9-14/h1-10H,11H2. The molecule has 4 rings (SSSR count). The largest absolute Gasteiger partial charge is 0.417 e. The van der Waals surface area contributed by atoms with Crippen molar-refractivity contribution in [2.75, 3.05) is 5.75 Å². The summed E-state index contributed by atoms with van der Waals surface area (Å²) in [6, 6.07) is 15.3.